The van der Waals surface area contributed by atoms with Gasteiger partial charge in [0.25, 0.3) is 0 Å². The molecule has 0 bridgehead atoms. The number of para-hydroxylation sites is 2. The number of aromatic carboxylic acids is 1. The van der Waals surface area contributed by atoms with E-state index in [0.29, 0.717) is 17.0 Å². The van der Waals surface area contributed by atoms with Gasteiger partial charge in [-0.05, 0) is 19.1 Å². The maximum Gasteiger partial charge on any atom is 0.358 e. The molecule has 7 nitrogen and oxygen atoms in total. The Hall–Kier alpha value is -2.96. The average molecular weight is 269 g/mol. The van der Waals surface area contributed by atoms with Crippen LogP contribution in [0.3, 0.4) is 0 Å². The number of carboxylic acids is 1. The first-order valence-corrected chi connectivity index (χ1v) is 5.88. The Morgan fingerprint density at radius 3 is 2.50 bits per heavy atom. The second-order valence-electron chi connectivity index (χ2n) is 4.30. The van der Waals surface area contributed by atoms with E-state index in [9.17, 15) is 4.79 Å². The quantitative estimate of drug-likeness (QED) is 0.728. The van der Waals surface area contributed by atoms with E-state index < -0.39 is 5.97 Å². The van der Waals surface area contributed by atoms with Crippen molar-refractivity contribution in [3.63, 3.8) is 0 Å². The molecule has 1 aromatic carbocycles. The predicted octanol–water partition coefficient (Wildman–Crippen LogP) is 1.40. The molecule has 0 spiro atoms. The molecule has 0 atom stereocenters. The van der Waals surface area contributed by atoms with Crippen molar-refractivity contribution in [1.29, 1.82) is 0 Å². The third-order valence-electron chi connectivity index (χ3n) is 2.88. The van der Waals surface area contributed by atoms with Gasteiger partial charge >= 0.3 is 5.97 Å². The van der Waals surface area contributed by atoms with Crippen molar-refractivity contribution in [3.05, 3.63) is 41.9 Å². The van der Waals surface area contributed by atoms with E-state index in [1.54, 1.807) is 6.92 Å². The van der Waals surface area contributed by atoms with E-state index in [2.05, 4.69) is 15.1 Å². The van der Waals surface area contributed by atoms with Gasteiger partial charge in [0.1, 0.15) is 0 Å². The van der Waals surface area contributed by atoms with E-state index in [1.807, 2.05) is 24.3 Å². The number of nitrogens with two attached hydrogens (primary N) is 1. The second-order valence-corrected chi connectivity index (χ2v) is 4.30. The summed E-state index contributed by atoms with van der Waals surface area (Å²) in [4.78, 5) is 19.8. The highest BCUT2D eigenvalue weighted by Crippen LogP contribution is 2.18. The van der Waals surface area contributed by atoms with Gasteiger partial charge in [0.05, 0.1) is 28.6 Å². The summed E-state index contributed by atoms with van der Waals surface area (Å²) in [5, 5.41) is 12.9. The first-order valence-electron chi connectivity index (χ1n) is 5.88. The van der Waals surface area contributed by atoms with Crippen LogP contribution >= 0.6 is 0 Å². The monoisotopic (exact) mass is 269 g/mol. The molecule has 3 rings (SSSR count). The normalized spacial score (nSPS) is 10.8. The van der Waals surface area contributed by atoms with Crippen LogP contribution in [0.25, 0.3) is 16.9 Å². The molecule has 0 unspecified atom stereocenters. The summed E-state index contributed by atoms with van der Waals surface area (Å²) in [6, 6.07) is 7.43. The Morgan fingerprint density at radius 2 is 1.90 bits per heavy atom. The van der Waals surface area contributed by atoms with Gasteiger partial charge in [-0.15, -0.1) is 0 Å². The summed E-state index contributed by atoms with van der Waals surface area (Å²) >= 11 is 0. The number of carbonyl (C=O) groups is 1. The van der Waals surface area contributed by atoms with Gasteiger partial charge in [-0.1, -0.05) is 12.1 Å². The highest BCUT2D eigenvalue weighted by molar-refractivity contribution is 5.91. The van der Waals surface area contributed by atoms with Crippen molar-refractivity contribution in [1.82, 2.24) is 19.7 Å². The Morgan fingerprint density at radius 1 is 1.25 bits per heavy atom. The molecule has 0 radical (unpaired) electrons. The van der Waals surface area contributed by atoms with Crippen molar-refractivity contribution >= 4 is 22.7 Å². The highest BCUT2D eigenvalue weighted by Gasteiger charge is 2.16. The maximum absolute atomic E-state index is 11.0. The zero-order valence-electron chi connectivity index (χ0n) is 10.6. The lowest BCUT2D eigenvalue weighted by Crippen LogP contribution is -2.06. The van der Waals surface area contributed by atoms with Crippen molar-refractivity contribution < 1.29 is 9.90 Å². The van der Waals surface area contributed by atoms with Crippen molar-refractivity contribution in [2.75, 3.05) is 5.73 Å². The summed E-state index contributed by atoms with van der Waals surface area (Å²) in [5.41, 5.74) is 7.64. The van der Waals surface area contributed by atoms with Crippen molar-refractivity contribution in [2.45, 2.75) is 6.92 Å². The molecule has 0 saturated carbocycles. The zero-order chi connectivity index (χ0) is 14.3. The smallest absolute Gasteiger partial charge is 0.358 e. The Kier molecular flexibility index (Phi) is 2.60. The molecule has 3 N–H and O–H groups in total. The lowest BCUT2D eigenvalue weighted by atomic mass is 10.3. The number of nitrogen functional groups attached to an aromatic ring is 1. The van der Waals surface area contributed by atoms with Gasteiger partial charge < -0.3 is 10.8 Å². The fraction of sp³-hybridized carbons (Fsp3) is 0.0769. The molecule has 100 valence electrons. The average Bonchev–Trinajstić information content (AvgIpc) is 2.80. The summed E-state index contributed by atoms with van der Waals surface area (Å²) in [5.74, 6) is -0.712. The molecule has 0 aliphatic rings. The Bertz CT molecular complexity index is 825. The number of nitrogens with zero attached hydrogens (tertiary/aromatic N) is 4. The summed E-state index contributed by atoms with van der Waals surface area (Å²) < 4.78 is 1.34. The van der Waals surface area contributed by atoms with E-state index >= 15 is 0 Å². The minimum absolute atomic E-state index is 0.0897. The molecule has 2 heterocycles. The lowest BCUT2D eigenvalue weighted by molar-refractivity contribution is 0.0691. The molecule has 0 saturated heterocycles. The van der Waals surface area contributed by atoms with E-state index in [0.717, 1.165) is 5.52 Å². The van der Waals surface area contributed by atoms with Crippen LogP contribution < -0.4 is 5.73 Å². The van der Waals surface area contributed by atoms with Crippen LogP contribution in [0.2, 0.25) is 0 Å². The number of benzene rings is 1. The summed E-state index contributed by atoms with van der Waals surface area (Å²) in [6.45, 7) is 1.78. The minimum Gasteiger partial charge on any atom is -0.476 e. The molecular weight excluding hydrogens is 258 g/mol. The molecule has 0 aliphatic heterocycles. The number of fused-ring (bicyclic) bond motifs is 1. The van der Waals surface area contributed by atoms with Gasteiger partial charge in [-0.3, -0.25) is 0 Å². The van der Waals surface area contributed by atoms with Gasteiger partial charge in [0.15, 0.2) is 11.5 Å². The number of hydrogen-bond donors (Lipinski definition) is 2. The van der Waals surface area contributed by atoms with E-state index in [-0.39, 0.29) is 11.4 Å². The third kappa shape index (κ3) is 1.85. The number of carboxylic acid groups (broad SMARTS) is 1. The number of rotatable bonds is 2. The number of hydrogen-bond acceptors (Lipinski definition) is 5. The van der Waals surface area contributed by atoms with Crippen molar-refractivity contribution in [2.24, 2.45) is 0 Å². The molecule has 7 heteroatoms. The lowest BCUT2D eigenvalue weighted by Gasteiger charge is -2.05. The maximum atomic E-state index is 11.0. The van der Waals surface area contributed by atoms with Crippen LogP contribution in [0.5, 0.6) is 0 Å². The van der Waals surface area contributed by atoms with Crippen LogP contribution in [-0.2, 0) is 0 Å². The first-order chi connectivity index (χ1) is 9.56. The summed E-state index contributed by atoms with van der Waals surface area (Å²) in [7, 11) is 0. The van der Waals surface area contributed by atoms with Crippen LogP contribution in [0.15, 0.2) is 30.5 Å². The molecule has 0 aliphatic carbocycles. The fourth-order valence-electron chi connectivity index (χ4n) is 1.96. The van der Waals surface area contributed by atoms with Crippen LogP contribution in [0.1, 0.15) is 16.2 Å². The predicted molar refractivity (Wildman–Crippen MR) is 72.8 cm³/mol. The topological polar surface area (TPSA) is 107 Å². The van der Waals surface area contributed by atoms with Gasteiger partial charge in [0, 0.05) is 0 Å². The number of aryl methyl sites for hydroxylation is 1. The Labute approximate surface area is 113 Å². The van der Waals surface area contributed by atoms with E-state index in [1.165, 1.54) is 10.9 Å². The van der Waals surface area contributed by atoms with E-state index in [4.69, 9.17) is 10.8 Å². The standard InChI is InChI=1S/C13H11N5O2/c1-7-12(16-10-5-3-2-4-9(10)15-7)18-6-8(14)11(17-18)13(19)20/h2-6H,14H2,1H3,(H,19,20). The first kappa shape index (κ1) is 12.1. The zero-order valence-corrected chi connectivity index (χ0v) is 10.6. The van der Waals surface area contributed by atoms with Crippen LogP contribution in [0.4, 0.5) is 5.69 Å². The highest BCUT2D eigenvalue weighted by atomic mass is 16.4. The third-order valence-corrected chi connectivity index (χ3v) is 2.88. The SMILES string of the molecule is Cc1nc2ccccc2nc1-n1cc(N)c(C(=O)O)n1. The molecular formula is C13H11N5O2. The van der Waals surface area contributed by atoms with Gasteiger partial charge in [-0.2, -0.15) is 5.10 Å². The van der Waals surface area contributed by atoms with Crippen molar-refractivity contribution in [3.8, 4) is 5.82 Å². The minimum atomic E-state index is -1.17. The molecule has 20 heavy (non-hydrogen) atoms. The summed E-state index contributed by atoms with van der Waals surface area (Å²) in [6.07, 6.45) is 1.43. The Balaban J connectivity index is 2.21. The second kappa shape index (κ2) is 4.30. The molecule has 2 aromatic heterocycles. The number of aromatic nitrogens is 4. The number of anilines is 1. The van der Waals surface area contributed by atoms with Gasteiger partial charge in [-0.25, -0.2) is 19.4 Å². The molecule has 3 aromatic rings. The largest absolute Gasteiger partial charge is 0.476 e. The van der Waals surface area contributed by atoms with Crippen LogP contribution in [0, 0.1) is 6.92 Å². The van der Waals surface area contributed by atoms with Crippen LogP contribution in [-0.4, -0.2) is 30.8 Å². The van der Waals surface area contributed by atoms with Gasteiger partial charge in [0.2, 0.25) is 0 Å². The fourth-order valence-corrected chi connectivity index (χ4v) is 1.96. The molecule has 0 fully saturated rings. The molecule has 0 amide bonds.